The molecule has 2 saturated carbocycles. The number of anilines is 1. The first-order chi connectivity index (χ1) is 34.8. The number of nitrogens with zero attached hydrogens (tertiary/aromatic N) is 11. The molecule has 18 heteroatoms. The predicted molar refractivity (Wildman–Crippen MR) is 272 cm³/mol. The second-order valence-corrected chi connectivity index (χ2v) is 21.8. The monoisotopic (exact) mass is 981 g/mol. The molecular weight excluding hydrogens is 909 g/mol. The molecule has 72 heavy (non-hydrogen) atoms. The molecule has 4 unspecified atom stereocenters. The van der Waals surface area contributed by atoms with Crippen LogP contribution in [0.3, 0.4) is 0 Å². The molecule has 2 saturated heterocycles. The van der Waals surface area contributed by atoms with Gasteiger partial charge in [-0.05, 0) is 118 Å². The second kappa shape index (κ2) is 20.9. The summed E-state index contributed by atoms with van der Waals surface area (Å²) < 4.78 is 6.98. The summed E-state index contributed by atoms with van der Waals surface area (Å²) in [7, 11) is 0. The van der Waals surface area contributed by atoms with Crippen LogP contribution >= 0.6 is 0 Å². The SMILES string of the molecule is CCn1nccc1C(=O)N[C@H](c1cn2nc(CC3CC(C)CN(c4cc(C(=O)N[C@H](c5cn6nc(CC7C(=O)NCCC7C)ccc6n5)[C@H]5CC[C@H](C)CC5)n(CC)n4)C3=O)ccc2n1)[C@H]1CC[C@H](C)CC1. The smallest absolute Gasteiger partial charge is 0.270 e. The molecule has 4 amide bonds. The van der Waals surface area contributed by atoms with E-state index in [1.165, 1.54) is 0 Å². The van der Waals surface area contributed by atoms with Gasteiger partial charge in [0.15, 0.2) is 17.1 Å². The molecule has 0 bridgehead atoms. The average molecular weight is 981 g/mol. The zero-order chi connectivity index (χ0) is 50.2. The van der Waals surface area contributed by atoms with Gasteiger partial charge in [-0.3, -0.25) is 33.4 Å². The minimum absolute atomic E-state index is 0.0426. The molecule has 6 aromatic rings. The number of hydrogen-bond donors (Lipinski definition) is 3. The largest absolute Gasteiger partial charge is 0.356 e. The molecule has 0 spiro atoms. The van der Waals surface area contributed by atoms with E-state index in [4.69, 9.17) is 25.3 Å². The third-order valence-electron chi connectivity index (χ3n) is 16.5. The van der Waals surface area contributed by atoms with Gasteiger partial charge in [0.05, 0.1) is 47.3 Å². The number of hydrogen-bond acceptors (Lipinski definition) is 10. The van der Waals surface area contributed by atoms with Crippen LogP contribution in [-0.4, -0.2) is 85.5 Å². The van der Waals surface area contributed by atoms with Gasteiger partial charge in [-0.2, -0.15) is 20.4 Å². The number of carbonyl (C=O) groups is 4. The Balaban J connectivity index is 0.859. The van der Waals surface area contributed by atoms with E-state index in [9.17, 15) is 19.2 Å². The van der Waals surface area contributed by atoms with Crippen LogP contribution in [0.25, 0.3) is 11.3 Å². The molecule has 4 fully saturated rings. The van der Waals surface area contributed by atoms with Gasteiger partial charge in [0, 0.05) is 63.1 Å². The summed E-state index contributed by atoms with van der Waals surface area (Å²) in [5, 5.41) is 28.9. The molecule has 10 rings (SSSR count). The van der Waals surface area contributed by atoms with Crippen LogP contribution in [0.2, 0.25) is 0 Å². The summed E-state index contributed by atoms with van der Waals surface area (Å²) in [6.45, 7) is 15.0. The lowest BCUT2D eigenvalue weighted by molar-refractivity contribution is -0.128. The third kappa shape index (κ3) is 10.3. The van der Waals surface area contributed by atoms with Crippen LogP contribution in [0, 0.1) is 47.3 Å². The lowest BCUT2D eigenvalue weighted by Gasteiger charge is -2.34. The molecule has 18 nitrogen and oxygen atoms in total. The van der Waals surface area contributed by atoms with Crippen LogP contribution in [0.1, 0.15) is 162 Å². The summed E-state index contributed by atoms with van der Waals surface area (Å²) in [6, 6.07) is 10.7. The van der Waals surface area contributed by atoms with Crippen molar-refractivity contribution in [1.29, 1.82) is 0 Å². The quantitative estimate of drug-likeness (QED) is 0.0934. The highest BCUT2D eigenvalue weighted by molar-refractivity contribution is 5.98. The minimum atomic E-state index is -0.363. The molecule has 0 aromatic carbocycles. The van der Waals surface area contributed by atoms with Gasteiger partial charge >= 0.3 is 0 Å². The average Bonchev–Trinajstić information content (AvgIpc) is 4.21. The Morgan fingerprint density at radius 2 is 1.25 bits per heavy atom. The van der Waals surface area contributed by atoms with Gasteiger partial charge in [0.25, 0.3) is 11.8 Å². The molecule has 3 N–H and O–H groups in total. The maximum absolute atomic E-state index is 14.6. The molecule has 6 aromatic heterocycles. The summed E-state index contributed by atoms with van der Waals surface area (Å²) in [6.07, 6.45) is 16.4. The summed E-state index contributed by atoms with van der Waals surface area (Å²) in [5.41, 5.74) is 5.41. The van der Waals surface area contributed by atoms with Gasteiger partial charge in [-0.25, -0.2) is 19.0 Å². The topological polar surface area (TPSA) is 204 Å². The van der Waals surface area contributed by atoms with E-state index in [1.807, 2.05) is 50.5 Å². The van der Waals surface area contributed by atoms with E-state index in [2.05, 4.69) is 48.7 Å². The Morgan fingerprint density at radius 3 is 1.82 bits per heavy atom. The van der Waals surface area contributed by atoms with Crippen LogP contribution in [0.5, 0.6) is 0 Å². The van der Waals surface area contributed by atoms with E-state index < -0.39 is 0 Å². The molecule has 0 radical (unpaired) electrons. The van der Waals surface area contributed by atoms with Crippen LogP contribution < -0.4 is 20.9 Å². The first-order valence-corrected chi connectivity index (χ1v) is 26.8. The Morgan fingerprint density at radius 1 is 0.681 bits per heavy atom. The first kappa shape index (κ1) is 49.1. The van der Waals surface area contributed by atoms with Crippen molar-refractivity contribution in [2.24, 2.45) is 47.3 Å². The Labute approximate surface area is 421 Å². The van der Waals surface area contributed by atoms with E-state index >= 15 is 0 Å². The van der Waals surface area contributed by atoms with Gasteiger partial charge < -0.3 is 16.0 Å². The van der Waals surface area contributed by atoms with Crippen molar-refractivity contribution >= 4 is 40.7 Å². The van der Waals surface area contributed by atoms with Crippen molar-refractivity contribution in [3.05, 3.63) is 89.2 Å². The highest BCUT2D eigenvalue weighted by Gasteiger charge is 2.38. The number of amides is 4. The van der Waals surface area contributed by atoms with Crippen molar-refractivity contribution in [1.82, 2.24) is 64.7 Å². The van der Waals surface area contributed by atoms with Crippen LogP contribution in [0.15, 0.2) is 55.0 Å². The molecule has 2 aliphatic heterocycles. The van der Waals surface area contributed by atoms with Gasteiger partial charge in [-0.1, -0.05) is 53.4 Å². The summed E-state index contributed by atoms with van der Waals surface area (Å²) >= 11 is 0. The molecule has 8 heterocycles. The molecule has 2 aliphatic carbocycles. The Kier molecular flexibility index (Phi) is 14.3. The van der Waals surface area contributed by atoms with E-state index in [1.54, 1.807) is 41.6 Å². The molecule has 382 valence electrons. The number of carbonyl (C=O) groups excluding carboxylic acids is 4. The van der Waals surface area contributed by atoms with E-state index in [-0.39, 0.29) is 71.2 Å². The van der Waals surface area contributed by atoms with Gasteiger partial charge in [0.2, 0.25) is 11.8 Å². The molecule has 6 atom stereocenters. The van der Waals surface area contributed by atoms with Gasteiger partial charge in [-0.15, -0.1) is 0 Å². The second-order valence-electron chi connectivity index (χ2n) is 21.8. The maximum atomic E-state index is 14.6. The minimum Gasteiger partial charge on any atom is -0.356 e. The summed E-state index contributed by atoms with van der Waals surface area (Å²) in [4.78, 5) is 67.4. The fourth-order valence-electron chi connectivity index (χ4n) is 12.1. The zero-order valence-corrected chi connectivity index (χ0v) is 42.8. The number of nitrogens with one attached hydrogen (secondary N) is 3. The molecular formula is C54H72N14O4. The number of rotatable bonds is 15. The highest BCUT2D eigenvalue weighted by atomic mass is 16.2. The normalized spacial score (nSPS) is 25.9. The number of aryl methyl sites for hydroxylation is 2. The highest BCUT2D eigenvalue weighted by Crippen LogP contribution is 2.39. The first-order valence-electron chi connectivity index (χ1n) is 26.8. The standard InChI is InChI=1S/C54H72N14O4/c1-7-65-44(22-24-56-65)52(70)59-49(36-13-9-32(3)10-14-36)42-30-67-46(57-42)19-17-39(61-67)26-38-25-34(5)29-64(54(38)72)48-28-45(66(8-2)63-48)53(71)60-50(37-15-11-33(4)12-16-37)43-31-68-47(58-43)20-18-40(62-68)27-41-35(6)21-23-55-51(41)69/h17-20,22,24,28,30-38,41,49-50H,7-16,21,23,25-27,29H2,1-6H3,(H,55,69)(H,59,70)(H,60,71)/t32-,33-,34?,35?,36-,37-,38?,41?,49-,50-/m0/s1. The van der Waals surface area contributed by atoms with Crippen molar-refractivity contribution in [2.75, 3.05) is 18.0 Å². The molecule has 4 aliphatic rings. The van der Waals surface area contributed by atoms with Crippen molar-refractivity contribution in [3.63, 3.8) is 0 Å². The third-order valence-corrected chi connectivity index (χ3v) is 16.5. The Hall–Kier alpha value is -6.46. The number of fused-ring (bicyclic) bond motifs is 2. The van der Waals surface area contributed by atoms with E-state index in [0.29, 0.717) is 85.8 Å². The van der Waals surface area contributed by atoms with Crippen molar-refractivity contribution in [3.8, 4) is 0 Å². The summed E-state index contributed by atoms with van der Waals surface area (Å²) in [5.74, 6) is 1.73. The zero-order valence-electron chi connectivity index (χ0n) is 42.8. The fourth-order valence-corrected chi connectivity index (χ4v) is 12.1. The van der Waals surface area contributed by atoms with Crippen LogP contribution in [-0.2, 0) is 35.5 Å². The lowest BCUT2D eigenvalue weighted by Crippen LogP contribution is -2.46. The Bertz CT molecular complexity index is 2920. The van der Waals surface area contributed by atoms with Gasteiger partial charge in [0.1, 0.15) is 11.4 Å². The predicted octanol–water partition coefficient (Wildman–Crippen LogP) is 7.35. The van der Waals surface area contributed by atoms with E-state index in [0.717, 1.165) is 80.6 Å². The number of piperidine rings is 2. The fraction of sp³-hybridized carbons (Fsp3) is 0.593. The van der Waals surface area contributed by atoms with Crippen LogP contribution in [0.4, 0.5) is 5.82 Å². The maximum Gasteiger partial charge on any atom is 0.270 e. The number of imidazole rings is 2. The number of aromatic nitrogens is 10. The van der Waals surface area contributed by atoms with Crippen molar-refractivity contribution in [2.45, 2.75) is 144 Å². The lowest BCUT2D eigenvalue weighted by atomic mass is 9.78. The van der Waals surface area contributed by atoms with Crippen molar-refractivity contribution < 1.29 is 19.2 Å².